The van der Waals surface area contributed by atoms with Crippen LogP contribution in [0.25, 0.3) is 11.1 Å². The number of aromatic nitrogens is 2. The summed E-state index contributed by atoms with van der Waals surface area (Å²) in [5.74, 6) is -0.838. The van der Waals surface area contributed by atoms with Gasteiger partial charge in [0, 0.05) is 35.4 Å². The number of hydrogen-bond donors (Lipinski definition) is 2. The normalized spacial score (nSPS) is 10.4. The van der Waals surface area contributed by atoms with Gasteiger partial charge in [0.15, 0.2) is 0 Å². The molecule has 0 aliphatic heterocycles. The Morgan fingerprint density at radius 1 is 1.08 bits per heavy atom. The van der Waals surface area contributed by atoms with E-state index >= 15 is 0 Å². The molecule has 0 saturated carbocycles. The van der Waals surface area contributed by atoms with Gasteiger partial charge >= 0.3 is 0 Å². The number of anilines is 1. The van der Waals surface area contributed by atoms with E-state index in [1.54, 1.807) is 55.0 Å². The maximum absolute atomic E-state index is 14.3. The first-order valence-corrected chi connectivity index (χ1v) is 7.32. The van der Waals surface area contributed by atoms with Crippen LogP contribution in [0.15, 0.2) is 61.1 Å². The number of halogens is 1. The predicted octanol–water partition coefficient (Wildman–Crippen LogP) is 2.79. The molecular formula is C18H15FN4O. The molecule has 2 heterocycles. The SMILES string of the molecule is Nc1ccnc(CNC(=O)c2ccc(-c3ccncc3)c(F)c2)c1. The molecule has 3 aromatic rings. The fourth-order valence-electron chi connectivity index (χ4n) is 2.29. The highest BCUT2D eigenvalue weighted by molar-refractivity contribution is 5.94. The lowest BCUT2D eigenvalue weighted by Crippen LogP contribution is -2.23. The number of carbonyl (C=O) groups excluding carboxylic acids is 1. The fraction of sp³-hybridized carbons (Fsp3) is 0.0556. The monoisotopic (exact) mass is 322 g/mol. The molecule has 3 rings (SSSR count). The van der Waals surface area contributed by atoms with Crippen molar-refractivity contribution in [1.82, 2.24) is 15.3 Å². The number of carbonyl (C=O) groups is 1. The Balaban J connectivity index is 1.73. The highest BCUT2D eigenvalue weighted by atomic mass is 19.1. The average Bonchev–Trinajstić information content (AvgIpc) is 2.60. The van der Waals surface area contributed by atoms with Crippen molar-refractivity contribution in [2.75, 3.05) is 5.73 Å². The van der Waals surface area contributed by atoms with E-state index in [0.29, 0.717) is 22.5 Å². The lowest BCUT2D eigenvalue weighted by molar-refractivity contribution is 0.0950. The highest BCUT2D eigenvalue weighted by Gasteiger charge is 2.11. The first-order valence-electron chi connectivity index (χ1n) is 7.32. The third-order valence-electron chi connectivity index (χ3n) is 3.49. The van der Waals surface area contributed by atoms with E-state index in [2.05, 4.69) is 15.3 Å². The van der Waals surface area contributed by atoms with Crippen molar-refractivity contribution < 1.29 is 9.18 Å². The summed E-state index contributed by atoms with van der Waals surface area (Å²) in [6, 6.07) is 11.1. The minimum Gasteiger partial charge on any atom is -0.399 e. The largest absolute Gasteiger partial charge is 0.399 e. The molecular weight excluding hydrogens is 307 g/mol. The Labute approximate surface area is 138 Å². The van der Waals surface area contributed by atoms with Crippen molar-refractivity contribution in [3.63, 3.8) is 0 Å². The Bertz CT molecular complexity index is 868. The van der Waals surface area contributed by atoms with Gasteiger partial charge in [0.05, 0.1) is 12.2 Å². The number of rotatable bonds is 4. The molecule has 0 aliphatic carbocycles. The highest BCUT2D eigenvalue weighted by Crippen LogP contribution is 2.22. The minimum atomic E-state index is -0.462. The molecule has 0 saturated heterocycles. The lowest BCUT2D eigenvalue weighted by Gasteiger charge is -2.08. The molecule has 6 heteroatoms. The van der Waals surface area contributed by atoms with Crippen LogP contribution in [0.4, 0.5) is 10.1 Å². The summed E-state index contributed by atoms with van der Waals surface area (Å²) >= 11 is 0. The number of pyridine rings is 2. The molecule has 0 aliphatic rings. The second-order valence-electron chi connectivity index (χ2n) is 5.19. The lowest BCUT2D eigenvalue weighted by atomic mass is 10.0. The Morgan fingerprint density at radius 3 is 2.58 bits per heavy atom. The molecule has 0 bridgehead atoms. The van der Waals surface area contributed by atoms with Crippen LogP contribution in [0.2, 0.25) is 0 Å². The number of nitrogens with zero attached hydrogens (tertiary/aromatic N) is 2. The number of nitrogens with two attached hydrogens (primary N) is 1. The minimum absolute atomic E-state index is 0.220. The van der Waals surface area contributed by atoms with Gasteiger partial charge in [-0.05, 0) is 42.0 Å². The first kappa shape index (κ1) is 15.6. The molecule has 120 valence electrons. The Hall–Kier alpha value is -3.28. The van der Waals surface area contributed by atoms with Gasteiger partial charge < -0.3 is 11.1 Å². The predicted molar refractivity (Wildman–Crippen MR) is 89.5 cm³/mol. The standard InChI is InChI=1S/C18H15FN4O/c19-17-9-13(1-2-16(17)12-3-6-21-7-4-12)18(24)23-11-15-10-14(20)5-8-22-15/h1-10H,11H2,(H2,20,22)(H,23,24). The number of nitrogens with one attached hydrogen (secondary N) is 1. The fourth-order valence-corrected chi connectivity index (χ4v) is 2.29. The molecule has 3 N–H and O–H groups in total. The summed E-state index contributed by atoms with van der Waals surface area (Å²) in [6.07, 6.45) is 4.75. The van der Waals surface area contributed by atoms with Crippen LogP contribution in [0, 0.1) is 5.82 Å². The van der Waals surface area contributed by atoms with Gasteiger partial charge in [-0.2, -0.15) is 0 Å². The molecule has 1 amide bonds. The zero-order valence-corrected chi connectivity index (χ0v) is 12.7. The molecule has 5 nitrogen and oxygen atoms in total. The van der Waals surface area contributed by atoms with E-state index in [9.17, 15) is 9.18 Å². The summed E-state index contributed by atoms with van der Waals surface area (Å²) < 4.78 is 14.3. The van der Waals surface area contributed by atoms with Gasteiger partial charge in [-0.25, -0.2) is 4.39 Å². The second-order valence-corrected chi connectivity index (χ2v) is 5.19. The molecule has 0 atom stereocenters. The third-order valence-corrected chi connectivity index (χ3v) is 3.49. The van der Waals surface area contributed by atoms with Crippen LogP contribution in [0.3, 0.4) is 0 Å². The van der Waals surface area contributed by atoms with E-state index in [0.717, 1.165) is 0 Å². The maximum Gasteiger partial charge on any atom is 0.251 e. The summed E-state index contributed by atoms with van der Waals surface area (Å²) in [7, 11) is 0. The molecule has 0 spiro atoms. The summed E-state index contributed by atoms with van der Waals surface area (Å²) in [5, 5.41) is 2.70. The Kier molecular flexibility index (Phi) is 4.47. The van der Waals surface area contributed by atoms with Crippen LogP contribution >= 0.6 is 0 Å². The van der Waals surface area contributed by atoms with Crippen LogP contribution in [0.1, 0.15) is 16.1 Å². The van der Waals surface area contributed by atoms with Gasteiger partial charge in [-0.3, -0.25) is 14.8 Å². The van der Waals surface area contributed by atoms with Crippen molar-refractivity contribution >= 4 is 11.6 Å². The van der Waals surface area contributed by atoms with Crippen LogP contribution in [0.5, 0.6) is 0 Å². The third kappa shape index (κ3) is 3.55. The van der Waals surface area contributed by atoms with E-state index in [1.807, 2.05) is 0 Å². The van der Waals surface area contributed by atoms with E-state index in [1.165, 1.54) is 6.07 Å². The van der Waals surface area contributed by atoms with Gasteiger partial charge in [-0.1, -0.05) is 6.07 Å². The van der Waals surface area contributed by atoms with Crippen LogP contribution in [-0.2, 0) is 6.54 Å². The number of amides is 1. The van der Waals surface area contributed by atoms with E-state index in [-0.39, 0.29) is 18.0 Å². The van der Waals surface area contributed by atoms with Crippen molar-refractivity contribution in [2.45, 2.75) is 6.54 Å². The van der Waals surface area contributed by atoms with E-state index in [4.69, 9.17) is 5.73 Å². The zero-order chi connectivity index (χ0) is 16.9. The maximum atomic E-state index is 14.3. The molecule has 2 aromatic heterocycles. The quantitative estimate of drug-likeness (QED) is 0.774. The van der Waals surface area contributed by atoms with Crippen molar-refractivity contribution in [1.29, 1.82) is 0 Å². The second kappa shape index (κ2) is 6.87. The molecule has 0 radical (unpaired) electrons. The first-order chi connectivity index (χ1) is 11.6. The van der Waals surface area contributed by atoms with Gasteiger partial charge in [-0.15, -0.1) is 0 Å². The molecule has 1 aromatic carbocycles. The topological polar surface area (TPSA) is 80.9 Å². The van der Waals surface area contributed by atoms with Crippen molar-refractivity contribution in [3.05, 3.63) is 78.1 Å². The van der Waals surface area contributed by atoms with E-state index < -0.39 is 5.82 Å². The summed E-state index contributed by atoms with van der Waals surface area (Å²) in [4.78, 5) is 20.2. The number of benzene rings is 1. The molecule has 0 unspecified atom stereocenters. The van der Waals surface area contributed by atoms with Gasteiger partial charge in [0.1, 0.15) is 5.82 Å². The van der Waals surface area contributed by atoms with Crippen molar-refractivity contribution in [2.24, 2.45) is 0 Å². The average molecular weight is 322 g/mol. The van der Waals surface area contributed by atoms with Crippen LogP contribution in [-0.4, -0.2) is 15.9 Å². The smallest absolute Gasteiger partial charge is 0.251 e. The van der Waals surface area contributed by atoms with Gasteiger partial charge in [0.25, 0.3) is 5.91 Å². The number of nitrogen functional groups attached to an aromatic ring is 1. The van der Waals surface area contributed by atoms with Gasteiger partial charge in [0.2, 0.25) is 0 Å². The Morgan fingerprint density at radius 2 is 1.88 bits per heavy atom. The number of hydrogen-bond acceptors (Lipinski definition) is 4. The zero-order valence-electron chi connectivity index (χ0n) is 12.7. The molecule has 0 fully saturated rings. The summed E-state index contributed by atoms with van der Waals surface area (Å²) in [5.41, 5.74) is 8.24. The van der Waals surface area contributed by atoms with Crippen molar-refractivity contribution in [3.8, 4) is 11.1 Å². The summed E-state index contributed by atoms with van der Waals surface area (Å²) in [6.45, 7) is 0.220. The van der Waals surface area contributed by atoms with Crippen LogP contribution < -0.4 is 11.1 Å². The molecule has 24 heavy (non-hydrogen) atoms.